The minimum Gasteiger partial charge on any atom is -0.507 e. The normalized spacial score (nSPS) is 19.7. The molecule has 372 valence electrons. The van der Waals surface area contributed by atoms with E-state index in [-0.39, 0.29) is 93.4 Å². The quantitative estimate of drug-likeness (QED) is 0.0432. The molecule has 8 rings (SSSR count). The number of fused-ring (bicyclic) bond motifs is 5. The summed E-state index contributed by atoms with van der Waals surface area (Å²) in [6, 6.07) is 9.58. The number of carbonyl (C=O) groups excluding carboxylic acids is 6. The number of imide groups is 1. The Morgan fingerprint density at radius 1 is 0.971 bits per heavy atom. The molecule has 6 heterocycles. The molecule has 24 nitrogen and oxygen atoms in total. The second kappa shape index (κ2) is 21.7. The van der Waals surface area contributed by atoms with Crippen LogP contribution >= 0.6 is 0 Å². The molecule has 2 fully saturated rings. The maximum Gasteiger partial charge on any atom is 0.335 e. The average Bonchev–Trinajstić information content (AvgIpc) is 3.99. The Kier molecular flexibility index (Phi) is 15.6. The highest BCUT2D eigenvalue weighted by Crippen LogP contribution is 2.42. The number of likely N-dealkylation sites (tertiary alicyclic amines) is 1. The van der Waals surface area contributed by atoms with Crippen LogP contribution in [0.1, 0.15) is 62.3 Å². The number of carboxylic acid groups (broad SMARTS) is 1. The van der Waals surface area contributed by atoms with E-state index in [1.54, 1.807) is 11.5 Å². The summed E-state index contributed by atoms with van der Waals surface area (Å²) in [5.41, 5.74) is 3.98. The number of carboxylic acids is 1. The highest BCUT2D eigenvalue weighted by molar-refractivity contribution is 6.03. The molecule has 0 saturated carbocycles. The molecule has 0 aliphatic carbocycles. The molecule has 0 spiro atoms. The molecule has 2 aromatic carbocycles. The van der Waals surface area contributed by atoms with Gasteiger partial charge in [0.15, 0.2) is 17.6 Å². The summed E-state index contributed by atoms with van der Waals surface area (Å²) in [5, 5.41) is 39.1. The summed E-state index contributed by atoms with van der Waals surface area (Å²) in [6.45, 7) is 5.11. The molecular weight excluding hydrogens is 925 g/mol. The van der Waals surface area contributed by atoms with Crippen molar-refractivity contribution in [2.45, 2.75) is 91.1 Å². The van der Waals surface area contributed by atoms with E-state index in [1.807, 2.05) is 19.2 Å². The van der Waals surface area contributed by atoms with E-state index in [1.165, 1.54) is 38.1 Å². The van der Waals surface area contributed by atoms with Gasteiger partial charge in [-0.1, -0.05) is 13.0 Å². The molecule has 0 radical (unpaired) electrons. The van der Waals surface area contributed by atoms with Gasteiger partial charge in [-0.15, -0.1) is 0 Å². The summed E-state index contributed by atoms with van der Waals surface area (Å²) in [4.78, 5) is 101. The number of aromatic nitrogens is 2. The van der Waals surface area contributed by atoms with Crippen LogP contribution in [0.4, 0.5) is 5.69 Å². The molecule has 5 atom stereocenters. The molecule has 4 aliphatic rings. The number of aliphatic carboxylic acids is 1. The van der Waals surface area contributed by atoms with Crippen LogP contribution in [0, 0.1) is 5.92 Å². The van der Waals surface area contributed by atoms with Crippen molar-refractivity contribution in [2.75, 3.05) is 32.2 Å². The maximum absolute atomic E-state index is 13.0. The van der Waals surface area contributed by atoms with Crippen LogP contribution in [0.5, 0.6) is 23.0 Å². The van der Waals surface area contributed by atoms with Gasteiger partial charge in [-0.2, -0.15) is 0 Å². The number of benzene rings is 2. The van der Waals surface area contributed by atoms with Crippen LogP contribution in [0.2, 0.25) is 0 Å². The van der Waals surface area contributed by atoms with E-state index in [0.717, 1.165) is 21.4 Å². The van der Waals surface area contributed by atoms with Gasteiger partial charge in [-0.3, -0.25) is 38.5 Å². The summed E-state index contributed by atoms with van der Waals surface area (Å²) >= 11 is 0. The van der Waals surface area contributed by atoms with Gasteiger partial charge in [0.2, 0.25) is 36.7 Å². The molecule has 5 unspecified atom stereocenters. The average molecular weight is 975 g/mol. The topological polar surface area (TPSA) is 319 Å². The van der Waals surface area contributed by atoms with Gasteiger partial charge in [-0.25, -0.2) is 9.78 Å². The standard InChI is InChI=1S/C25H31N3O12.C21H19N3O6/c1-13-9-20(32)28(22(13)33)8-6-18(30)26-7-5-19(31)27-16-10-15(11-37-12-29)3-4-17(16)39-25-24(36)38-14(2)21(40-25)23(34)35;1-10(25)28-8-14-17(26)5-16-20-13(7-24(16)21(14)27)12(6-22-2)11-3-18-19(30-9-29-18)4-15(11)23-20/h3-4,10,12-14,21,24-25,36H,5-9,11H2,1-2H3,(H,26,30)(H,27,31)(H,34,35);3-5,22,26H,6-9H2,1-2H3. The van der Waals surface area contributed by atoms with Crippen molar-refractivity contribution in [3.8, 4) is 34.4 Å². The van der Waals surface area contributed by atoms with E-state index >= 15 is 0 Å². The van der Waals surface area contributed by atoms with Crippen LogP contribution in [-0.4, -0.2) is 124 Å². The predicted molar refractivity (Wildman–Crippen MR) is 239 cm³/mol. The molecule has 2 aromatic heterocycles. The van der Waals surface area contributed by atoms with Crippen LogP contribution in [0.25, 0.3) is 22.3 Å². The van der Waals surface area contributed by atoms with E-state index in [0.29, 0.717) is 47.1 Å². The van der Waals surface area contributed by atoms with Crippen LogP contribution in [0.15, 0.2) is 41.2 Å². The minimum absolute atomic E-state index is 0.00671. The number of nitrogens with one attached hydrogen (secondary N) is 3. The molecule has 70 heavy (non-hydrogen) atoms. The molecule has 24 heteroatoms. The fourth-order valence-corrected chi connectivity index (χ4v) is 8.08. The van der Waals surface area contributed by atoms with Gasteiger partial charge in [0.05, 0.1) is 40.8 Å². The number of anilines is 1. The Morgan fingerprint density at radius 3 is 2.41 bits per heavy atom. The molecule has 4 aromatic rings. The van der Waals surface area contributed by atoms with Crippen LogP contribution < -0.4 is 35.7 Å². The second-order valence-corrected chi connectivity index (χ2v) is 16.5. The van der Waals surface area contributed by atoms with Crippen LogP contribution in [0.3, 0.4) is 0 Å². The third-order valence-corrected chi connectivity index (χ3v) is 11.5. The summed E-state index contributed by atoms with van der Waals surface area (Å²) in [5.74, 6) is -2.82. The number of aromatic hydroxyl groups is 1. The number of hydrogen-bond donors (Lipinski definition) is 6. The lowest BCUT2D eigenvalue weighted by atomic mass is 10.00. The summed E-state index contributed by atoms with van der Waals surface area (Å²) in [6.07, 6.45) is -5.69. The number of rotatable bonds is 17. The highest BCUT2D eigenvalue weighted by Gasteiger charge is 2.42. The molecular formula is C46H50N6O18. The molecule has 6 N–H and O–H groups in total. The van der Waals surface area contributed by atoms with Crippen molar-refractivity contribution >= 4 is 58.6 Å². The zero-order chi connectivity index (χ0) is 50.4. The third-order valence-electron chi connectivity index (χ3n) is 11.5. The lowest BCUT2D eigenvalue weighted by molar-refractivity contribution is -0.322. The van der Waals surface area contributed by atoms with Crippen molar-refractivity contribution in [1.82, 2.24) is 25.1 Å². The largest absolute Gasteiger partial charge is 0.507 e. The highest BCUT2D eigenvalue weighted by atomic mass is 16.8. The maximum atomic E-state index is 13.0. The number of nitrogens with zero attached hydrogens (tertiary/aromatic N) is 3. The lowest BCUT2D eigenvalue weighted by Crippen LogP contribution is -2.53. The second-order valence-electron chi connectivity index (χ2n) is 16.5. The Hall–Kier alpha value is -7.67. The van der Waals surface area contributed by atoms with Gasteiger partial charge in [0.1, 0.15) is 24.7 Å². The summed E-state index contributed by atoms with van der Waals surface area (Å²) < 4.78 is 38.3. The van der Waals surface area contributed by atoms with Gasteiger partial charge in [-0.05, 0) is 43.3 Å². The van der Waals surface area contributed by atoms with Gasteiger partial charge >= 0.3 is 11.9 Å². The number of pyridine rings is 2. The van der Waals surface area contributed by atoms with E-state index in [4.69, 9.17) is 38.1 Å². The van der Waals surface area contributed by atoms with Crippen molar-refractivity contribution in [1.29, 1.82) is 0 Å². The zero-order valence-corrected chi connectivity index (χ0v) is 38.3. The molecule has 2 saturated heterocycles. The SMILES string of the molecule is CC1CC(=O)N(CCC(=O)NCCC(=O)Nc2cc(COC=O)ccc2OC2OC(C(=O)O)C(C)OC2O)C1=O.CNCc1c2c(nc3cc4c(cc13)OCO4)-c1cc(O)c(COC(C)=O)c(=O)n1C2. The predicted octanol–water partition coefficient (Wildman–Crippen LogP) is 1.14. The monoisotopic (exact) mass is 974 g/mol. The van der Waals surface area contributed by atoms with Crippen LogP contribution in [-0.2, 0) is 78.8 Å². The van der Waals surface area contributed by atoms with Crippen molar-refractivity contribution in [2.24, 2.45) is 5.92 Å². The number of amides is 4. The van der Waals surface area contributed by atoms with Gasteiger partial charge in [0.25, 0.3) is 18.3 Å². The number of hydrogen-bond acceptors (Lipinski definition) is 19. The number of esters is 1. The van der Waals surface area contributed by atoms with Gasteiger partial charge < -0.3 is 69.0 Å². The van der Waals surface area contributed by atoms with E-state index in [9.17, 15) is 53.7 Å². The first-order chi connectivity index (χ1) is 33.5. The summed E-state index contributed by atoms with van der Waals surface area (Å²) in [7, 11) is 1.85. The van der Waals surface area contributed by atoms with E-state index < -0.39 is 60.0 Å². The molecule has 0 bridgehead atoms. The Balaban J connectivity index is 0.000000214. The number of aliphatic hydroxyl groups is 1. The first kappa shape index (κ1) is 50.2. The fraction of sp³-hybridized carbons (Fsp3) is 0.413. The Morgan fingerprint density at radius 2 is 1.73 bits per heavy atom. The molecule has 4 amide bonds. The van der Waals surface area contributed by atoms with Crippen molar-refractivity contribution in [3.05, 3.63) is 69.0 Å². The number of ether oxygens (including phenoxy) is 7. The van der Waals surface area contributed by atoms with Crippen molar-refractivity contribution in [3.63, 3.8) is 0 Å². The van der Waals surface area contributed by atoms with Gasteiger partial charge in [0, 0.05) is 74.8 Å². The van der Waals surface area contributed by atoms with Crippen molar-refractivity contribution < 1.29 is 82.0 Å². The zero-order valence-electron chi connectivity index (χ0n) is 38.3. The third kappa shape index (κ3) is 11.1. The first-order valence-corrected chi connectivity index (χ1v) is 21.9. The number of carbonyl (C=O) groups is 7. The first-order valence-electron chi connectivity index (χ1n) is 21.9. The minimum atomic E-state index is -1.63. The molecule has 4 aliphatic heterocycles. The Bertz CT molecular complexity index is 2800. The smallest absolute Gasteiger partial charge is 0.335 e. The number of aliphatic hydroxyl groups excluding tert-OH is 1. The Labute approximate surface area is 397 Å². The fourth-order valence-electron chi connectivity index (χ4n) is 8.08. The lowest BCUT2D eigenvalue weighted by Gasteiger charge is -2.36. The van der Waals surface area contributed by atoms with E-state index in [2.05, 4.69) is 16.0 Å².